The Labute approximate surface area is 210 Å². The molecule has 0 bridgehead atoms. The first kappa shape index (κ1) is 15.7. The minimum absolute atomic E-state index is 0.0747. The number of para-hydroxylation sites is 1. The molecular weight excluding hydrogens is 414 g/mol. The van der Waals surface area contributed by atoms with Crippen LogP contribution in [0.4, 0.5) is 0 Å². The first-order valence-corrected chi connectivity index (χ1v) is 12.0. The van der Waals surface area contributed by atoms with E-state index < -0.39 is 19.6 Å². The zero-order chi connectivity index (χ0) is 28.6. The summed E-state index contributed by atoms with van der Waals surface area (Å²) >= 11 is 0. The molecule has 2 heteroatoms. The van der Waals surface area contributed by atoms with E-state index in [1.165, 1.54) is 12.3 Å². The fraction of sp³-hybridized carbons (Fsp3) is 0.344. The second-order valence-corrected chi connectivity index (χ2v) is 10.5. The predicted molar refractivity (Wildman–Crippen MR) is 144 cm³/mol. The van der Waals surface area contributed by atoms with E-state index in [0.29, 0.717) is 22.3 Å². The molecule has 0 N–H and O–H groups in total. The molecular formula is C32H33NO. The zero-order valence-electron chi connectivity index (χ0n) is 26.0. The maximum absolute atomic E-state index is 9.25. The summed E-state index contributed by atoms with van der Waals surface area (Å²) in [6.07, 6.45) is 5.06. The van der Waals surface area contributed by atoms with Crippen molar-refractivity contribution in [1.29, 1.82) is 0 Å². The van der Waals surface area contributed by atoms with Crippen LogP contribution in [-0.2, 0) is 0 Å². The molecule has 0 aliphatic heterocycles. The average molecular weight is 454 g/mol. The lowest BCUT2D eigenvalue weighted by Crippen LogP contribution is -2.20. The monoisotopic (exact) mass is 453 g/mol. The van der Waals surface area contributed by atoms with Gasteiger partial charge in [-0.2, -0.15) is 0 Å². The van der Waals surface area contributed by atoms with Crippen molar-refractivity contribution in [1.82, 2.24) is 4.98 Å². The van der Waals surface area contributed by atoms with Gasteiger partial charge in [-0.3, -0.25) is 4.98 Å². The number of aromatic nitrogens is 1. The number of pyridine rings is 1. The van der Waals surface area contributed by atoms with E-state index in [0.717, 1.165) is 63.9 Å². The molecule has 172 valence electrons. The van der Waals surface area contributed by atoms with Gasteiger partial charge in [0.05, 0.1) is 5.69 Å². The van der Waals surface area contributed by atoms with Crippen molar-refractivity contribution in [2.45, 2.75) is 66.1 Å². The summed E-state index contributed by atoms with van der Waals surface area (Å²) in [6.45, 7) is 2.75. The van der Waals surface area contributed by atoms with Gasteiger partial charge in [-0.05, 0) is 97.4 Å². The van der Waals surface area contributed by atoms with Crippen LogP contribution in [0.5, 0.6) is 0 Å². The van der Waals surface area contributed by atoms with Gasteiger partial charge in [-0.1, -0.05) is 50.2 Å². The number of benzene rings is 3. The lowest BCUT2D eigenvalue weighted by molar-refractivity contribution is 0.224. The van der Waals surface area contributed by atoms with Gasteiger partial charge < -0.3 is 4.42 Å². The maximum Gasteiger partial charge on any atom is 0.144 e. The van der Waals surface area contributed by atoms with E-state index in [4.69, 9.17) is 11.3 Å². The van der Waals surface area contributed by atoms with Gasteiger partial charge in [0, 0.05) is 36.1 Å². The van der Waals surface area contributed by atoms with Gasteiger partial charge in [0.15, 0.2) is 0 Å². The van der Waals surface area contributed by atoms with Crippen molar-refractivity contribution < 1.29 is 12.6 Å². The van der Waals surface area contributed by atoms with Crippen LogP contribution < -0.4 is 0 Å². The molecule has 2 heterocycles. The molecule has 0 atom stereocenters. The zero-order valence-corrected chi connectivity index (χ0v) is 20.0. The minimum Gasteiger partial charge on any atom is -0.455 e. The topological polar surface area (TPSA) is 26.0 Å². The minimum atomic E-state index is -2.45. The largest absolute Gasteiger partial charge is 0.455 e. The summed E-state index contributed by atoms with van der Waals surface area (Å²) in [5, 5.41) is 3.97. The number of nitrogens with zero attached hydrogens (tertiary/aromatic N) is 1. The van der Waals surface area contributed by atoms with E-state index in [2.05, 4.69) is 50.0 Å². The lowest BCUT2D eigenvalue weighted by Gasteiger charge is -2.34. The van der Waals surface area contributed by atoms with Crippen LogP contribution in [0.25, 0.3) is 44.0 Å². The molecule has 1 aliphatic rings. The summed E-state index contributed by atoms with van der Waals surface area (Å²) < 4.78 is 55.1. The smallest absolute Gasteiger partial charge is 0.144 e. The Morgan fingerprint density at radius 3 is 2.62 bits per heavy atom. The maximum atomic E-state index is 9.25. The van der Waals surface area contributed by atoms with Crippen LogP contribution in [0.1, 0.15) is 75.9 Å². The quantitative estimate of drug-likeness (QED) is 0.266. The normalized spacial score (nSPS) is 20.6. The van der Waals surface area contributed by atoms with Crippen molar-refractivity contribution >= 4 is 32.7 Å². The number of hydrogen-bond acceptors (Lipinski definition) is 2. The fourth-order valence-electron chi connectivity index (χ4n) is 5.45. The predicted octanol–water partition coefficient (Wildman–Crippen LogP) is 9.41. The Hall–Kier alpha value is -3.13. The van der Waals surface area contributed by atoms with Crippen LogP contribution >= 0.6 is 0 Å². The van der Waals surface area contributed by atoms with E-state index >= 15 is 0 Å². The Balaban J connectivity index is 1.51. The van der Waals surface area contributed by atoms with Gasteiger partial charge in [-0.15, -0.1) is 0 Å². The summed E-state index contributed by atoms with van der Waals surface area (Å²) in [4.78, 5) is 4.44. The Kier molecular flexibility index (Phi) is 3.56. The third-order valence-electron chi connectivity index (χ3n) is 7.61. The van der Waals surface area contributed by atoms with E-state index in [1.54, 1.807) is 0 Å². The van der Waals surface area contributed by atoms with Gasteiger partial charge in [0.1, 0.15) is 11.2 Å². The van der Waals surface area contributed by atoms with Gasteiger partial charge in [0.25, 0.3) is 0 Å². The van der Waals surface area contributed by atoms with Crippen molar-refractivity contribution in [3.05, 3.63) is 77.0 Å². The number of hydrogen-bond donors (Lipinski definition) is 0. The number of aryl methyl sites for hydroxylation is 3. The summed E-state index contributed by atoms with van der Waals surface area (Å²) in [6, 6.07) is 15.8. The molecule has 1 fully saturated rings. The van der Waals surface area contributed by atoms with Crippen LogP contribution in [0.3, 0.4) is 0 Å². The number of furan rings is 1. The highest BCUT2D eigenvalue weighted by Gasteiger charge is 2.28. The van der Waals surface area contributed by atoms with Crippen LogP contribution in [0, 0.1) is 26.1 Å². The molecule has 0 saturated heterocycles. The highest BCUT2D eigenvalue weighted by Crippen LogP contribution is 2.44. The standard InChI is InChI=1S/C32H33NO/c1-19-16-28(33-18-21(19)3)26-7-6-8-27-29-20(2)15-24-17-23(22-11-13-32(4,5)14-12-22)9-10-25(24)31(29)34-30(26)27/h6-10,15-18,22H,11-14H2,1-5H3/i1D2,3D3,22D. The molecule has 34 heavy (non-hydrogen) atoms. The molecule has 2 aromatic heterocycles. The Morgan fingerprint density at radius 2 is 1.82 bits per heavy atom. The van der Waals surface area contributed by atoms with Crippen LogP contribution in [0.2, 0.25) is 0 Å². The summed E-state index contributed by atoms with van der Waals surface area (Å²) in [5.74, 6) is -0.578. The van der Waals surface area contributed by atoms with Gasteiger partial charge in [0.2, 0.25) is 0 Å². The third-order valence-corrected chi connectivity index (χ3v) is 7.61. The molecule has 1 saturated carbocycles. The molecule has 0 spiro atoms. The van der Waals surface area contributed by atoms with Gasteiger partial charge in [-0.25, -0.2) is 0 Å². The first-order valence-electron chi connectivity index (χ1n) is 15.2. The molecule has 1 aliphatic carbocycles. The third kappa shape index (κ3) is 3.43. The van der Waals surface area contributed by atoms with Crippen LogP contribution in [0.15, 0.2) is 59.1 Å². The second kappa shape index (κ2) is 7.70. The van der Waals surface area contributed by atoms with Crippen molar-refractivity contribution in [2.75, 3.05) is 0 Å². The molecule has 6 rings (SSSR count). The Morgan fingerprint density at radius 1 is 0.971 bits per heavy atom. The summed E-state index contributed by atoms with van der Waals surface area (Å²) in [7, 11) is 0. The molecule has 5 aromatic rings. The Bertz CT molecular complexity index is 1770. The van der Waals surface area contributed by atoms with Crippen molar-refractivity contribution in [3.63, 3.8) is 0 Å². The second-order valence-electron chi connectivity index (χ2n) is 10.5. The highest BCUT2D eigenvalue weighted by molar-refractivity contribution is 6.18. The molecule has 0 amide bonds. The van der Waals surface area contributed by atoms with E-state index in [-0.39, 0.29) is 11.1 Å². The molecule has 0 radical (unpaired) electrons. The van der Waals surface area contributed by atoms with Gasteiger partial charge >= 0.3 is 0 Å². The van der Waals surface area contributed by atoms with Crippen molar-refractivity contribution in [2.24, 2.45) is 5.41 Å². The molecule has 3 aromatic carbocycles. The average Bonchev–Trinajstić information content (AvgIpc) is 3.30. The molecule has 0 unspecified atom stereocenters. The SMILES string of the molecule is [2H]C([2H])c1cc(-c2cccc3c2oc2c4ccc(C5([2H])CCC(C)(C)CC5)cc4cc(C)c32)ncc1C([2H])([2H])[2H]. The molecule has 2 nitrogen and oxygen atoms in total. The fourth-order valence-corrected chi connectivity index (χ4v) is 5.45. The highest BCUT2D eigenvalue weighted by atomic mass is 16.3. The lowest BCUT2D eigenvalue weighted by atomic mass is 9.71. The van der Waals surface area contributed by atoms with Crippen molar-refractivity contribution in [3.8, 4) is 11.3 Å². The van der Waals surface area contributed by atoms with E-state index in [9.17, 15) is 1.37 Å². The first-order chi connectivity index (χ1) is 18.8. The van der Waals surface area contributed by atoms with Crippen LogP contribution in [-0.4, -0.2) is 4.98 Å². The summed E-state index contributed by atoms with van der Waals surface area (Å²) in [5.41, 5.74) is 5.02. The number of rotatable bonds is 2. The van der Waals surface area contributed by atoms with E-state index in [1.807, 2.05) is 18.2 Å². The number of fused-ring (bicyclic) bond motifs is 5.